The average Bonchev–Trinajstić information content (AvgIpc) is 2.67. The lowest BCUT2D eigenvalue weighted by Gasteiger charge is -2.35. The van der Waals surface area contributed by atoms with Gasteiger partial charge in [0.25, 0.3) is 0 Å². The minimum Gasteiger partial charge on any atom is -0.351 e. The predicted molar refractivity (Wildman–Crippen MR) is 106 cm³/mol. The molecule has 1 heterocycles. The summed E-state index contributed by atoms with van der Waals surface area (Å²) in [6, 6.07) is 8.06. The van der Waals surface area contributed by atoms with Gasteiger partial charge in [0.1, 0.15) is 0 Å². The van der Waals surface area contributed by atoms with Gasteiger partial charge in [-0.1, -0.05) is 43.7 Å². The Morgan fingerprint density at radius 3 is 2.42 bits per heavy atom. The molecule has 1 aliphatic heterocycles. The third-order valence-corrected chi connectivity index (χ3v) is 4.95. The molecule has 5 heteroatoms. The Kier molecular flexibility index (Phi) is 7.85. The molecule has 0 radical (unpaired) electrons. The monoisotopic (exact) mass is 357 g/mol. The zero-order valence-corrected chi connectivity index (χ0v) is 16.2. The summed E-state index contributed by atoms with van der Waals surface area (Å²) in [7, 11) is 0. The van der Waals surface area contributed by atoms with Crippen LogP contribution in [0.4, 0.5) is 0 Å². The number of amides is 2. The summed E-state index contributed by atoms with van der Waals surface area (Å²) in [5.74, 6) is 0.305. The zero-order valence-electron chi connectivity index (χ0n) is 16.2. The van der Waals surface area contributed by atoms with Gasteiger partial charge in [-0.15, -0.1) is 0 Å². The Balaban J connectivity index is 1.65. The standard InChI is InChI=1S/C21H31N3O2/c1-4-18(3)21(26)24-15-13-23(14-16-24)12-11-22-20(25)10-9-19-7-5-17(2)6-8-19/h5-10,18H,4,11-16H2,1-3H3,(H,22,25)/b10-9+. The molecule has 1 fully saturated rings. The van der Waals surface area contributed by atoms with Gasteiger partial charge in [0, 0.05) is 51.3 Å². The van der Waals surface area contributed by atoms with Crippen molar-refractivity contribution in [1.82, 2.24) is 15.1 Å². The number of rotatable bonds is 7. The van der Waals surface area contributed by atoms with Crippen molar-refractivity contribution in [3.63, 3.8) is 0 Å². The van der Waals surface area contributed by atoms with E-state index in [9.17, 15) is 9.59 Å². The third kappa shape index (κ3) is 6.30. The van der Waals surface area contributed by atoms with Crippen LogP contribution in [0.1, 0.15) is 31.4 Å². The number of hydrogen-bond acceptors (Lipinski definition) is 3. The molecule has 142 valence electrons. The first kappa shape index (κ1) is 20.2. The maximum atomic E-state index is 12.2. The molecule has 1 aliphatic rings. The van der Waals surface area contributed by atoms with E-state index in [0.717, 1.165) is 44.7 Å². The molecule has 1 atom stereocenters. The Bertz CT molecular complexity index is 617. The first-order chi connectivity index (χ1) is 12.5. The van der Waals surface area contributed by atoms with Crippen LogP contribution in [0.3, 0.4) is 0 Å². The highest BCUT2D eigenvalue weighted by atomic mass is 16.2. The summed E-state index contributed by atoms with van der Waals surface area (Å²) in [6.45, 7) is 10.8. The first-order valence-corrected chi connectivity index (χ1v) is 9.53. The molecule has 1 aromatic rings. The highest BCUT2D eigenvalue weighted by Gasteiger charge is 2.23. The second kappa shape index (κ2) is 10.1. The molecule has 1 aromatic carbocycles. The van der Waals surface area contributed by atoms with Crippen molar-refractivity contribution in [2.75, 3.05) is 39.3 Å². The van der Waals surface area contributed by atoms with Crippen molar-refractivity contribution in [1.29, 1.82) is 0 Å². The van der Waals surface area contributed by atoms with Crippen molar-refractivity contribution in [2.45, 2.75) is 27.2 Å². The van der Waals surface area contributed by atoms with E-state index in [4.69, 9.17) is 0 Å². The number of piperazine rings is 1. The van der Waals surface area contributed by atoms with Gasteiger partial charge in [-0.25, -0.2) is 0 Å². The fraction of sp³-hybridized carbons (Fsp3) is 0.524. The van der Waals surface area contributed by atoms with Gasteiger partial charge < -0.3 is 10.2 Å². The molecular weight excluding hydrogens is 326 g/mol. The third-order valence-electron chi connectivity index (χ3n) is 4.95. The summed E-state index contributed by atoms with van der Waals surface area (Å²) in [6.07, 6.45) is 4.29. The van der Waals surface area contributed by atoms with E-state index in [1.165, 1.54) is 5.56 Å². The number of hydrogen-bond donors (Lipinski definition) is 1. The highest BCUT2D eigenvalue weighted by molar-refractivity contribution is 5.91. The quantitative estimate of drug-likeness (QED) is 0.762. The smallest absolute Gasteiger partial charge is 0.244 e. The van der Waals surface area contributed by atoms with Crippen LogP contribution < -0.4 is 5.32 Å². The molecule has 0 saturated carbocycles. The van der Waals surface area contributed by atoms with E-state index in [1.807, 2.05) is 49.1 Å². The van der Waals surface area contributed by atoms with Crippen LogP contribution in [0, 0.1) is 12.8 Å². The summed E-state index contributed by atoms with van der Waals surface area (Å²) in [5, 5.41) is 2.92. The van der Waals surface area contributed by atoms with Crippen molar-refractivity contribution in [3.8, 4) is 0 Å². The van der Waals surface area contributed by atoms with Crippen LogP contribution in [-0.4, -0.2) is 60.9 Å². The molecule has 26 heavy (non-hydrogen) atoms. The lowest BCUT2D eigenvalue weighted by atomic mass is 10.1. The van der Waals surface area contributed by atoms with Crippen LogP contribution in [0.2, 0.25) is 0 Å². The number of nitrogens with zero attached hydrogens (tertiary/aromatic N) is 2. The lowest BCUT2D eigenvalue weighted by Crippen LogP contribution is -2.51. The van der Waals surface area contributed by atoms with Gasteiger partial charge in [0.15, 0.2) is 0 Å². The molecule has 1 N–H and O–H groups in total. The summed E-state index contributed by atoms with van der Waals surface area (Å²) >= 11 is 0. The molecule has 0 bridgehead atoms. The fourth-order valence-corrected chi connectivity index (χ4v) is 2.92. The van der Waals surface area contributed by atoms with Crippen LogP contribution in [-0.2, 0) is 9.59 Å². The largest absolute Gasteiger partial charge is 0.351 e. The summed E-state index contributed by atoms with van der Waals surface area (Å²) < 4.78 is 0. The minimum atomic E-state index is -0.0730. The molecule has 2 rings (SSSR count). The van der Waals surface area contributed by atoms with E-state index >= 15 is 0 Å². The van der Waals surface area contributed by atoms with Crippen molar-refractivity contribution in [3.05, 3.63) is 41.5 Å². The van der Waals surface area contributed by atoms with Crippen molar-refractivity contribution < 1.29 is 9.59 Å². The lowest BCUT2D eigenvalue weighted by molar-refractivity contribution is -0.136. The van der Waals surface area contributed by atoms with Crippen LogP contribution in [0.15, 0.2) is 30.3 Å². The number of carbonyl (C=O) groups excluding carboxylic acids is 2. The number of carbonyl (C=O) groups is 2. The van der Waals surface area contributed by atoms with Gasteiger partial charge in [0.2, 0.25) is 11.8 Å². The van der Waals surface area contributed by atoms with Crippen LogP contribution in [0.25, 0.3) is 6.08 Å². The Hall–Kier alpha value is -2.14. The van der Waals surface area contributed by atoms with E-state index in [2.05, 4.69) is 17.1 Å². The highest BCUT2D eigenvalue weighted by Crippen LogP contribution is 2.10. The molecule has 0 spiro atoms. The molecule has 0 aliphatic carbocycles. The topological polar surface area (TPSA) is 52.7 Å². The average molecular weight is 357 g/mol. The fourth-order valence-electron chi connectivity index (χ4n) is 2.92. The Morgan fingerprint density at radius 2 is 1.81 bits per heavy atom. The molecule has 0 aromatic heterocycles. The van der Waals surface area contributed by atoms with E-state index in [0.29, 0.717) is 6.54 Å². The second-order valence-corrected chi connectivity index (χ2v) is 7.01. The molecule has 1 saturated heterocycles. The predicted octanol–water partition coefficient (Wildman–Crippen LogP) is 2.31. The summed E-state index contributed by atoms with van der Waals surface area (Å²) in [4.78, 5) is 28.4. The van der Waals surface area contributed by atoms with Gasteiger partial charge in [0.05, 0.1) is 0 Å². The number of nitrogens with one attached hydrogen (secondary N) is 1. The maximum absolute atomic E-state index is 12.2. The van der Waals surface area contributed by atoms with Crippen LogP contribution in [0.5, 0.6) is 0 Å². The van der Waals surface area contributed by atoms with Gasteiger partial charge in [-0.2, -0.15) is 0 Å². The summed E-state index contributed by atoms with van der Waals surface area (Å²) in [5.41, 5.74) is 2.23. The normalized spacial score (nSPS) is 16.7. The zero-order chi connectivity index (χ0) is 18.9. The Labute approximate surface area is 157 Å². The maximum Gasteiger partial charge on any atom is 0.244 e. The van der Waals surface area contributed by atoms with E-state index in [1.54, 1.807) is 6.08 Å². The second-order valence-electron chi connectivity index (χ2n) is 7.01. The van der Waals surface area contributed by atoms with Crippen LogP contribution >= 0.6 is 0 Å². The minimum absolute atomic E-state index is 0.0730. The van der Waals surface area contributed by atoms with Crippen molar-refractivity contribution in [2.24, 2.45) is 5.92 Å². The van der Waals surface area contributed by atoms with Crippen molar-refractivity contribution >= 4 is 17.9 Å². The SMILES string of the molecule is CCC(C)C(=O)N1CCN(CCNC(=O)/C=C/c2ccc(C)cc2)CC1. The van der Waals surface area contributed by atoms with Gasteiger partial charge >= 0.3 is 0 Å². The van der Waals surface area contributed by atoms with E-state index in [-0.39, 0.29) is 17.7 Å². The molecule has 1 unspecified atom stereocenters. The molecular formula is C21H31N3O2. The first-order valence-electron chi connectivity index (χ1n) is 9.53. The molecule has 2 amide bonds. The van der Waals surface area contributed by atoms with Gasteiger partial charge in [-0.3, -0.25) is 14.5 Å². The molecule has 5 nitrogen and oxygen atoms in total. The number of aryl methyl sites for hydroxylation is 1. The Morgan fingerprint density at radius 1 is 1.15 bits per heavy atom. The number of benzene rings is 1. The van der Waals surface area contributed by atoms with Gasteiger partial charge in [-0.05, 0) is 25.0 Å². The van der Waals surface area contributed by atoms with E-state index < -0.39 is 0 Å².